The van der Waals surface area contributed by atoms with E-state index in [-0.39, 0.29) is 0 Å². The van der Waals surface area contributed by atoms with Gasteiger partial charge in [-0.15, -0.1) is 5.10 Å². The number of hydrogen-bond donors (Lipinski definition) is 1. The van der Waals surface area contributed by atoms with Gasteiger partial charge >= 0.3 is 0 Å². The van der Waals surface area contributed by atoms with E-state index >= 15 is 0 Å². The zero-order chi connectivity index (χ0) is 11.9. The molecule has 0 aromatic carbocycles. The van der Waals surface area contributed by atoms with Gasteiger partial charge < -0.3 is 4.90 Å². The molecule has 0 saturated heterocycles. The molecule has 1 fully saturated rings. The molecule has 5 heteroatoms. The van der Waals surface area contributed by atoms with Gasteiger partial charge in [-0.25, -0.2) is 5.10 Å². The fourth-order valence-electron chi connectivity index (χ4n) is 1.84. The second kappa shape index (κ2) is 4.20. The van der Waals surface area contributed by atoms with Crippen LogP contribution in [0.4, 0.5) is 5.95 Å². The Balaban J connectivity index is 2.29. The summed E-state index contributed by atoms with van der Waals surface area (Å²) in [5, 5.41) is 7.26. The topological polar surface area (TPSA) is 36.9 Å². The first-order valence-corrected chi connectivity index (χ1v) is 6.33. The summed E-state index contributed by atoms with van der Waals surface area (Å²) in [7, 11) is 2.09. The van der Waals surface area contributed by atoms with E-state index in [9.17, 15) is 0 Å². The van der Waals surface area contributed by atoms with Crippen molar-refractivity contribution in [3.8, 4) is 0 Å². The lowest BCUT2D eigenvalue weighted by atomic mass is 10.1. The van der Waals surface area contributed by atoms with E-state index < -0.39 is 0 Å². The Bertz CT molecular complexity index is 416. The summed E-state index contributed by atoms with van der Waals surface area (Å²) >= 11 is 5.28. The zero-order valence-corrected chi connectivity index (χ0v) is 11.2. The first kappa shape index (κ1) is 11.6. The second-order valence-electron chi connectivity index (χ2n) is 5.03. The van der Waals surface area contributed by atoms with Gasteiger partial charge in [0.2, 0.25) is 5.95 Å². The normalized spacial score (nSPS) is 17.8. The second-order valence-corrected chi connectivity index (χ2v) is 5.41. The van der Waals surface area contributed by atoms with Crippen molar-refractivity contribution in [2.24, 2.45) is 5.92 Å². The van der Waals surface area contributed by atoms with Crippen LogP contribution in [0, 0.1) is 10.7 Å². The Morgan fingerprint density at radius 3 is 2.56 bits per heavy atom. The third-order valence-electron chi connectivity index (χ3n) is 3.49. The molecule has 16 heavy (non-hydrogen) atoms. The van der Waals surface area contributed by atoms with Crippen molar-refractivity contribution in [1.82, 2.24) is 14.8 Å². The van der Waals surface area contributed by atoms with Crippen LogP contribution in [0.5, 0.6) is 0 Å². The SMILES string of the molecule is CC(C)C(C)N(C)c1n[nH]c(=S)n1C1CC1. The van der Waals surface area contributed by atoms with Gasteiger partial charge in [0.05, 0.1) is 0 Å². The van der Waals surface area contributed by atoms with Crippen LogP contribution in [-0.2, 0) is 0 Å². The maximum absolute atomic E-state index is 5.28. The van der Waals surface area contributed by atoms with Crippen molar-refractivity contribution in [2.45, 2.75) is 45.7 Å². The quantitative estimate of drug-likeness (QED) is 0.822. The molecule has 0 amide bonds. The average molecular weight is 240 g/mol. The van der Waals surface area contributed by atoms with Crippen molar-refractivity contribution >= 4 is 18.2 Å². The highest BCUT2D eigenvalue weighted by Gasteiger charge is 2.29. The van der Waals surface area contributed by atoms with Crippen molar-refractivity contribution in [3.05, 3.63) is 4.77 Å². The molecule has 1 unspecified atom stereocenters. The molecule has 1 aromatic heterocycles. The number of rotatable bonds is 4. The summed E-state index contributed by atoms with van der Waals surface area (Å²) in [5.41, 5.74) is 0. The van der Waals surface area contributed by atoms with Gasteiger partial charge in [0.25, 0.3) is 0 Å². The molecule has 0 bridgehead atoms. The minimum absolute atomic E-state index is 0.461. The number of hydrogen-bond acceptors (Lipinski definition) is 3. The lowest BCUT2D eigenvalue weighted by Crippen LogP contribution is -2.35. The first-order valence-electron chi connectivity index (χ1n) is 5.92. The van der Waals surface area contributed by atoms with Crippen LogP contribution in [0.2, 0.25) is 0 Å². The maximum atomic E-state index is 5.28. The summed E-state index contributed by atoms with van der Waals surface area (Å²) < 4.78 is 2.91. The Hall–Kier alpha value is -0.840. The Kier molecular flexibility index (Phi) is 3.06. The lowest BCUT2D eigenvalue weighted by Gasteiger charge is -2.28. The smallest absolute Gasteiger partial charge is 0.225 e. The molecule has 1 aliphatic rings. The Morgan fingerprint density at radius 1 is 1.44 bits per heavy atom. The lowest BCUT2D eigenvalue weighted by molar-refractivity contribution is 0.492. The van der Waals surface area contributed by atoms with Crippen LogP contribution in [0.15, 0.2) is 0 Å². The molecule has 0 aliphatic heterocycles. The molecule has 4 nitrogen and oxygen atoms in total. The van der Waals surface area contributed by atoms with Crippen LogP contribution in [0.1, 0.15) is 39.7 Å². The molecule has 1 aromatic rings. The van der Waals surface area contributed by atoms with Gasteiger partial charge in [0.15, 0.2) is 4.77 Å². The molecule has 1 saturated carbocycles. The minimum Gasteiger partial charge on any atom is -0.341 e. The fourth-order valence-corrected chi connectivity index (χ4v) is 2.11. The predicted molar refractivity (Wildman–Crippen MR) is 68.4 cm³/mol. The summed E-state index contributed by atoms with van der Waals surface area (Å²) in [4.78, 5) is 2.22. The molecular formula is C11H20N4S. The van der Waals surface area contributed by atoms with Crippen molar-refractivity contribution in [1.29, 1.82) is 0 Å². The van der Waals surface area contributed by atoms with E-state index in [0.717, 1.165) is 10.7 Å². The van der Waals surface area contributed by atoms with E-state index in [1.165, 1.54) is 12.8 Å². The van der Waals surface area contributed by atoms with Gasteiger partial charge in [0, 0.05) is 19.1 Å². The molecule has 1 heterocycles. The minimum atomic E-state index is 0.461. The van der Waals surface area contributed by atoms with Crippen LogP contribution >= 0.6 is 12.2 Å². The number of H-pyrrole nitrogens is 1. The van der Waals surface area contributed by atoms with Gasteiger partial charge in [0.1, 0.15) is 0 Å². The zero-order valence-electron chi connectivity index (χ0n) is 10.4. The highest BCUT2D eigenvalue weighted by molar-refractivity contribution is 7.71. The third-order valence-corrected chi connectivity index (χ3v) is 3.78. The summed E-state index contributed by atoms with van der Waals surface area (Å²) in [6.07, 6.45) is 2.45. The maximum Gasteiger partial charge on any atom is 0.225 e. The highest BCUT2D eigenvalue weighted by atomic mass is 32.1. The predicted octanol–water partition coefficient (Wildman–Crippen LogP) is 2.76. The fraction of sp³-hybridized carbons (Fsp3) is 0.818. The molecule has 1 N–H and O–H groups in total. The Morgan fingerprint density at radius 2 is 2.06 bits per heavy atom. The molecule has 0 radical (unpaired) electrons. The van der Waals surface area contributed by atoms with Crippen molar-refractivity contribution in [3.63, 3.8) is 0 Å². The van der Waals surface area contributed by atoms with Gasteiger partial charge in [-0.1, -0.05) is 13.8 Å². The van der Waals surface area contributed by atoms with Crippen molar-refractivity contribution < 1.29 is 0 Å². The number of anilines is 1. The van der Waals surface area contributed by atoms with E-state index in [1.54, 1.807) is 0 Å². The average Bonchev–Trinajstić information content (AvgIpc) is 3.00. The first-order chi connectivity index (χ1) is 7.52. The largest absolute Gasteiger partial charge is 0.341 e. The number of aromatic nitrogens is 3. The van der Waals surface area contributed by atoms with Crippen LogP contribution < -0.4 is 4.90 Å². The van der Waals surface area contributed by atoms with Crippen LogP contribution in [0.25, 0.3) is 0 Å². The summed E-state index contributed by atoms with van der Waals surface area (Å²) in [6.45, 7) is 6.67. The third kappa shape index (κ3) is 2.00. The van der Waals surface area contributed by atoms with Gasteiger partial charge in [-0.3, -0.25) is 4.57 Å². The molecule has 0 spiro atoms. The summed E-state index contributed by atoms with van der Waals surface area (Å²) in [5.74, 6) is 1.58. The van der Waals surface area contributed by atoms with Crippen LogP contribution in [0.3, 0.4) is 0 Å². The monoisotopic (exact) mass is 240 g/mol. The number of nitrogens with one attached hydrogen (secondary N) is 1. The Labute approximate surface area is 102 Å². The van der Waals surface area contributed by atoms with Crippen molar-refractivity contribution in [2.75, 3.05) is 11.9 Å². The van der Waals surface area contributed by atoms with Gasteiger partial charge in [-0.2, -0.15) is 0 Å². The van der Waals surface area contributed by atoms with E-state index in [0.29, 0.717) is 18.0 Å². The molecular weight excluding hydrogens is 220 g/mol. The molecule has 1 atom stereocenters. The highest BCUT2D eigenvalue weighted by Crippen LogP contribution is 2.38. The van der Waals surface area contributed by atoms with Crippen LogP contribution in [-0.4, -0.2) is 27.9 Å². The molecule has 1 aliphatic carbocycles. The standard InChI is InChI=1S/C11H20N4S/c1-7(2)8(3)14(4)10-12-13-11(16)15(10)9-5-6-9/h7-9H,5-6H2,1-4H3,(H,13,16). The molecule has 2 rings (SSSR count). The van der Waals surface area contributed by atoms with Gasteiger partial charge in [-0.05, 0) is 37.9 Å². The summed E-state index contributed by atoms with van der Waals surface area (Å²) in [6, 6.07) is 1.03. The van der Waals surface area contributed by atoms with E-state index in [4.69, 9.17) is 12.2 Å². The van der Waals surface area contributed by atoms with E-state index in [2.05, 4.69) is 47.5 Å². The van der Waals surface area contributed by atoms with E-state index in [1.807, 2.05) is 0 Å². The molecule has 90 valence electrons. The number of nitrogens with zero attached hydrogens (tertiary/aromatic N) is 3. The number of aromatic amines is 1.